The molecular formula is C20H33N3O. The molecule has 1 aromatic rings. The molecule has 0 radical (unpaired) electrons. The lowest BCUT2D eigenvalue weighted by Crippen LogP contribution is -2.46. The van der Waals surface area contributed by atoms with Gasteiger partial charge in [0.15, 0.2) is 0 Å². The number of aryl methyl sites for hydroxylation is 1. The zero-order valence-electron chi connectivity index (χ0n) is 15.3. The van der Waals surface area contributed by atoms with E-state index < -0.39 is 0 Å². The average molecular weight is 332 g/mol. The van der Waals surface area contributed by atoms with E-state index in [0.29, 0.717) is 12.1 Å². The predicted molar refractivity (Wildman–Crippen MR) is 101 cm³/mol. The minimum Gasteiger partial charge on any atom is -0.397 e. The Hall–Kier alpha value is -1.26. The predicted octanol–water partition coefficient (Wildman–Crippen LogP) is 3.80. The third kappa shape index (κ3) is 4.42. The summed E-state index contributed by atoms with van der Waals surface area (Å²) in [6.07, 6.45) is 7.99. The molecule has 0 amide bonds. The molecule has 0 aromatic heterocycles. The number of piperidine rings is 1. The summed E-state index contributed by atoms with van der Waals surface area (Å²) >= 11 is 0. The van der Waals surface area contributed by atoms with Gasteiger partial charge in [-0.3, -0.25) is 0 Å². The van der Waals surface area contributed by atoms with Crippen LogP contribution in [-0.4, -0.2) is 42.8 Å². The second-order valence-corrected chi connectivity index (χ2v) is 7.43. The van der Waals surface area contributed by atoms with Crippen molar-refractivity contribution in [3.63, 3.8) is 0 Å². The van der Waals surface area contributed by atoms with E-state index in [4.69, 9.17) is 10.5 Å². The van der Waals surface area contributed by atoms with Crippen molar-refractivity contribution in [1.29, 1.82) is 0 Å². The second-order valence-electron chi connectivity index (χ2n) is 7.43. The zero-order valence-corrected chi connectivity index (χ0v) is 15.3. The molecule has 1 saturated heterocycles. The Balaban J connectivity index is 1.45. The van der Waals surface area contributed by atoms with Gasteiger partial charge in [0.1, 0.15) is 0 Å². The van der Waals surface area contributed by atoms with Crippen molar-refractivity contribution in [2.45, 2.75) is 70.6 Å². The first-order valence-electron chi connectivity index (χ1n) is 9.64. The Bertz CT molecular complexity index is 518. The van der Waals surface area contributed by atoms with Crippen LogP contribution in [0.3, 0.4) is 0 Å². The minimum absolute atomic E-state index is 0.509. The number of nitrogen functional groups attached to an aromatic ring is 1. The maximum atomic E-state index is 6.10. The Morgan fingerprint density at radius 1 is 1.12 bits per heavy atom. The molecule has 2 fully saturated rings. The number of rotatable bonds is 5. The maximum absolute atomic E-state index is 6.10. The highest BCUT2D eigenvalue weighted by Crippen LogP contribution is 2.29. The van der Waals surface area contributed by atoms with Gasteiger partial charge in [-0.2, -0.15) is 0 Å². The van der Waals surface area contributed by atoms with Gasteiger partial charge >= 0.3 is 0 Å². The summed E-state index contributed by atoms with van der Waals surface area (Å²) < 4.78 is 5.78. The summed E-state index contributed by atoms with van der Waals surface area (Å²) in [5.41, 5.74) is 9.32. The molecule has 0 spiro atoms. The van der Waals surface area contributed by atoms with Crippen LogP contribution in [0.5, 0.6) is 0 Å². The topological polar surface area (TPSA) is 50.5 Å². The van der Waals surface area contributed by atoms with Gasteiger partial charge in [-0.05, 0) is 70.1 Å². The molecule has 3 N–H and O–H groups in total. The van der Waals surface area contributed by atoms with E-state index in [-0.39, 0.29) is 0 Å². The number of ether oxygens (including phenoxy) is 1. The summed E-state index contributed by atoms with van der Waals surface area (Å²) in [6.45, 7) is 7.48. The standard InChI is InChI=1S/C20H33N3O/c1-3-24-18-7-5-17(6-8-18)23-12-10-16(11-13-23)22-20-14-15(2)4-9-19(20)21/h4,9,14,16-18,22H,3,5-8,10-13,21H2,1-2H3. The zero-order chi connectivity index (χ0) is 16.9. The highest BCUT2D eigenvalue weighted by Gasteiger charge is 2.29. The Morgan fingerprint density at radius 2 is 1.83 bits per heavy atom. The van der Waals surface area contributed by atoms with Gasteiger partial charge in [-0.15, -0.1) is 0 Å². The summed E-state index contributed by atoms with van der Waals surface area (Å²) in [7, 11) is 0. The molecule has 134 valence electrons. The Morgan fingerprint density at radius 3 is 2.50 bits per heavy atom. The van der Waals surface area contributed by atoms with E-state index in [2.05, 4.69) is 36.2 Å². The molecule has 0 bridgehead atoms. The van der Waals surface area contributed by atoms with Gasteiger partial charge < -0.3 is 20.7 Å². The van der Waals surface area contributed by atoms with Crippen molar-refractivity contribution in [2.24, 2.45) is 0 Å². The molecule has 24 heavy (non-hydrogen) atoms. The van der Waals surface area contributed by atoms with Crippen molar-refractivity contribution < 1.29 is 4.74 Å². The largest absolute Gasteiger partial charge is 0.397 e. The lowest BCUT2D eigenvalue weighted by atomic mass is 9.90. The fourth-order valence-corrected chi connectivity index (χ4v) is 4.24. The van der Waals surface area contributed by atoms with Crippen molar-refractivity contribution in [1.82, 2.24) is 4.90 Å². The summed E-state index contributed by atoms with van der Waals surface area (Å²) in [4.78, 5) is 2.71. The number of nitrogens with one attached hydrogen (secondary N) is 1. The molecule has 1 saturated carbocycles. The van der Waals surface area contributed by atoms with E-state index in [1.807, 2.05) is 6.07 Å². The van der Waals surface area contributed by atoms with Gasteiger partial charge in [0.2, 0.25) is 0 Å². The number of nitrogens with two attached hydrogens (primary N) is 1. The quantitative estimate of drug-likeness (QED) is 0.806. The second kappa shape index (κ2) is 8.21. The normalized spacial score (nSPS) is 26.4. The van der Waals surface area contributed by atoms with Crippen molar-refractivity contribution in [2.75, 3.05) is 30.7 Å². The maximum Gasteiger partial charge on any atom is 0.0578 e. The Kier molecular flexibility index (Phi) is 6.01. The third-order valence-corrected chi connectivity index (χ3v) is 5.66. The van der Waals surface area contributed by atoms with Crippen LogP contribution >= 0.6 is 0 Å². The van der Waals surface area contributed by atoms with E-state index in [9.17, 15) is 0 Å². The molecule has 3 rings (SSSR count). The fraction of sp³-hybridized carbons (Fsp3) is 0.700. The molecule has 2 aliphatic rings. The van der Waals surface area contributed by atoms with Crippen LogP contribution in [0.4, 0.5) is 11.4 Å². The molecule has 4 heteroatoms. The lowest BCUT2D eigenvalue weighted by molar-refractivity contribution is 0.00994. The molecule has 4 nitrogen and oxygen atoms in total. The molecule has 1 aliphatic carbocycles. The number of benzene rings is 1. The molecule has 1 aliphatic heterocycles. The van der Waals surface area contributed by atoms with Crippen LogP contribution in [0.25, 0.3) is 0 Å². The first kappa shape index (κ1) is 17.6. The average Bonchev–Trinajstić information content (AvgIpc) is 2.60. The molecular weight excluding hydrogens is 298 g/mol. The van der Waals surface area contributed by atoms with Crippen molar-refractivity contribution in [3.05, 3.63) is 23.8 Å². The van der Waals surface area contributed by atoms with Crippen molar-refractivity contribution in [3.8, 4) is 0 Å². The summed E-state index contributed by atoms with van der Waals surface area (Å²) in [6, 6.07) is 7.55. The molecule has 0 atom stereocenters. The highest BCUT2D eigenvalue weighted by atomic mass is 16.5. The van der Waals surface area contributed by atoms with Crippen molar-refractivity contribution >= 4 is 11.4 Å². The minimum atomic E-state index is 0.509. The molecule has 1 heterocycles. The number of hydrogen-bond acceptors (Lipinski definition) is 4. The van der Waals surface area contributed by atoms with Crippen LogP contribution in [0.2, 0.25) is 0 Å². The fourth-order valence-electron chi connectivity index (χ4n) is 4.24. The summed E-state index contributed by atoms with van der Waals surface area (Å²) in [5, 5.41) is 3.67. The van der Waals surface area contributed by atoms with Crippen LogP contribution < -0.4 is 11.1 Å². The number of likely N-dealkylation sites (tertiary alicyclic amines) is 1. The van der Waals surface area contributed by atoms with Crippen LogP contribution in [0.15, 0.2) is 18.2 Å². The SMILES string of the molecule is CCOC1CCC(N2CCC(Nc3cc(C)ccc3N)CC2)CC1. The van der Waals surface area contributed by atoms with Gasteiger partial charge in [0, 0.05) is 31.8 Å². The van der Waals surface area contributed by atoms with Crippen LogP contribution in [-0.2, 0) is 4.74 Å². The number of nitrogens with zero attached hydrogens (tertiary/aromatic N) is 1. The van der Waals surface area contributed by atoms with E-state index in [1.54, 1.807) is 0 Å². The summed E-state index contributed by atoms with van der Waals surface area (Å²) in [5.74, 6) is 0. The van der Waals surface area contributed by atoms with Crippen LogP contribution in [0.1, 0.15) is 51.0 Å². The molecule has 1 aromatic carbocycles. The molecule has 0 unspecified atom stereocenters. The van der Waals surface area contributed by atoms with Gasteiger partial charge in [0.25, 0.3) is 0 Å². The van der Waals surface area contributed by atoms with E-state index in [1.165, 1.54) is 57.2 Å². The number of hydrogen-bond donors (Lipinski definition) is 2. The first-order chi connectivity index (χ1) is 11.7. The smallest absolute Gasteiger partial charge is 0.0578 e. The first-order valence-corrected chi connectivity index (χ1v) is 9.64. The van der Waals surface area contributed by atoms with E-state index >= 15 is 0 Å². The lowest BCUT2D eigenvalue weighted by Gasteiger charge is -2.41. The van der Waals surface area contributed by atoms with Crippen LogP contribution in [0, 0.1) is 6.92 Å². The van der Waals surface area contributed by atoms with E-state index in [0.717, 1.165) is 24.0 Å². The monoisotopic (exact) mass is 331 g/mol. The Labute approximate surface area is 146 Å². The number of anilines is 2. The van der Waals surface area contributed by atoms with Gasteiger partial charge in [0.05, 0.1) is 17.5 Å². The highest BCUT2D eigenvalue weighted by molar-refractivity contribution is 5.67. The van der Waals surface area contributed by atoms with Gasteiger partial charge in [-0.25, -0.2) is 0 Å². The van der Waals surface area contributed by atoms with Gasteiger partial charge in [-0.1, -0.05) is 6.07 Å². The third-order valence-electron chi connectivity index (χ3n) is 5.66.